The first-order valence-corrected chi connectivity index (χ1v) is 18.5. The summed E-state index contributed by atoms with van der Waals surface area (Å²) < 4.78 is 58.0. The third-order valence-corrected chi connectivity index (χ3v) is 16.9. The van der Waals surface area contributed by atoms with Crippen LogP contribution < -0.4 is 46.0 Å². The predicted octanol–water partition coefficient (Wildman–Crippen LogP) is 3.90. The molecular weight excluding hydrogens is 689 g/mol. The highest BCUT2D eigenvalue weighted by molar-refractivity contribution is 8.07. The normalized spacial score (nSPS) is 14.5. The summed E-state index contributed by atoms with van der Waals surface area (Å²) in [5, 5.41) is 5.63. The first kappa shape index (κ1) is 35.3. The van der Waals surface area contributed by atoms with Crippen molar-refractivity contribution >= 4 is 46.4 Å². The van der Waals surface area contributed by atoms with Crippen LogP contribution in [-0.2, 0) is 0 Å². The Labute approximate surface area is 291 Å². The van der Waals surface area contributed by atoms with Gasteiger partial charge in [0.1, 0.15) is 70.6 Å². The van der Waals surface area contributed by atoms with Crippen LogP contribution in [0.1, 0.15) is 11.1 Å². The molecule has 0 atom stereocenters. The largest absolute Gasteiger partial charge is 1.00 e. The predicted molar refractivity (Wildman–Crippen MR) is 187 cm³/mol. The van der Waals surface area contributed by atoms with Gasteiger partial charge in [-0.2, -0.15) is 0 Å². The molecule has 7 rings (SSSR count). The monoisotopic (exact) mass is 716 g/mol. The van der Waals surface area contributed by atoms with Crippen molar-refractivity contribution in [2.45, 2.75) is 0 Å². The van der Waals surface area contributed by atoms with Crippen LogP contribution in [0.25, 0.3) is 10.6 Å². The minimum atomic E-state index is -2.78. The average molecular weight is 718 g/mol. The average Bonchev–Trinajstić information content (AvgIpc) is 3.10. The number of hydrogen-bond donors (Lipinski definition) is 0. The lowest BCUT2D eigenvalue weighted by Crippen LogP contribution is -3.00. The highest BCUT2D eigenvalue weighted by Crippen LogP contribution is 2.82. The lowest BCUT2D eigenvalue weighted by molar-refractivity contribution is -0.001000. The summed E-state index contributed by atoms with van der Waals surface area (Å²) in [5.74, 6) is 3.24. The van der Waals surface area contributed by atoms with E-state index in [9.17, 15) is 17.6 Å². The number of halogens is 6. The minimum absolute atomic E-state index is 0. The van der Waals surface area contributed by atoms with Gasteiger partial charge < -0.3 is 24.8 Å². The molecule has 0 unspecified atom stereocenters. The van der Waals surface area contributed by atoms with Gasteiger partial charge in [0.15, 0.2) is 10.6 Å². The van der Waals surface area contributed by atoms with E-state index < -0.39 is 14.5 Å². The molecule has 0 aromatic heterocycles. The van der Waals surface area contributed by atoms with Crippen molar-refractivity contribution in [1.29, 1.82) is 0 Å². The van der Waals surface area contributed by atoms with Crippen LogP contribution in [0.15, 0.2) is 169 Å². The summed E-state index contributed by atoms with van der Waals surface area (Å²) in [6.45, 7) is 0. The van der Waals surface area contributed by atoms with Gasteiger partial charge in [-0.15, -0.1) is 0 Å². The molecule has 8 heteroatoms. The lowest BCUT2D eigenvalue weighted by atomic mass is 10.2. The maximum Gasteiger partial charge on any atom is 0.152 e. The molecule has 48 heavy (non-hydrogen) atoms. The van der Waals surface area contributed by atoms with Gasteiger partial charge in [-0.1, -0.05) is 60.7 Å². The Morgan fingerprint density at radius 2 is 0.521 bits per heavy atom. The molecule has 0 nitrogen and oxygen atoms in total. The van der Waals surface area contributed by atoms with E-state index in [2.05, 4.69) is 35.9 Å². The molecule has 0 saturated carbocycles. The number of hydrogen-bond acceptors (Lipinski definition) is 0. The first-order chi connectivity index (χ1) is 22.4. The Bertz CT molecular complexity index is 1810. The van der Waals surface area contributed by atoms with Gasteiger partial charge in [0.25, 0.3) is 0 Å². The maximum absolute atomic E-state index is 14.5. The zero-order valence-corrected chi connectivity index (χ0v) is 28.6. The van der Waals surface area contributed by atoms with E-state index in [0.717, 1.165) is 43.0 Å². The van der Waals surface area contributed by atoms with E-state index in [4.69, 9.17) is 0 Å². The van der Waals surface area contributed by atoms with Crippen LogP contribution in [0.3, 0.4) is 0 Å². The zero-order valence-electron chi connectivity index (χ0n) is 25.3. The van der Waals surface area contributed by atoms with Crippen molar-refractivity contribution in [2.75, 3.05) is 0 Å². The molecule has 0 bridgehead atoms. The van der Waals surface area contributed by atoms with Crippen molar-refractivity contribution in [3.8, 4) is 0 Å². The molecule has 0 spiro atoms. The molecule has 0 N–H and O–H groups in total. The molecule has 0 aliphatic carbocycles. The fourth-order valence-electron chi connectivity index (χ4n) is 6.32. The molecular formula is C40H28Cl2F4P2. The van der Waals surface area contributed by atoms with Crippen LogP contribution in [0.2, 0.25) is 0 Å². The molecule has 6 aromatic carbocycles. The smallest absolute Gasteiger partial charge is 0.152 e. The highest BCUT2D eigenvalue weighted by Gasteiger charge is 2.60. The molecule has 1 aliphatic heterocycles. The van der Waals surface area contributed by atoms with Gasteiger partial charge in [0.05, 0.1) is 0 Å². The van der Waals surface area contributed by atoms with Crippen molar-refractivity contribution in [2.24, 2.45) is 0 Å². The van der Waals surface area contributed by atoms with Crippen LogP contribution in [0.5, 0.6) is 0 Å². The summed E-state index contributed by atoms with van der Waals surface area (Å²) in [4.78, 5) is 0. The molecule has 0 amide bonds. The second kappa shape index (κ2) is 14.6. The van der Waals surface area contributed by atoms with Gasteiger partial charge in [-0.05, 0) is 97.1 Å². The first-order valence-electron chi connectivity index (χ1n) is 14.8. The molecule has 0 radical (unpaired) electrons. The summed E-state index contributed by atoms with van der Waals surface area (Å²) in [6.07, 6.45) is 0. The van der Waals surface area contributed by atoms with Crippen LogP contribution in [0.4, 0.5) is 17.6 Å². The van der Waals surface area contributed by atoms with E-state index in [1.54, 1.807) is 0 Å². The Balaban J connectivity index is 0.00000225. The highest BCUT2D eigenvalue weighted by atomic mass is 35.5. The molecule has 0 fully saturated rings. The van der Waals surface area contributed by atoms with Gasteiger partial charge in [0.2, 0.25) is 0 Å². The van der Waals surface area contributed by atoms with Crippen LogP contribution in [-0.4, -0.2) is 0 Å². The Morgan fingerprint density at radius 1 is 0.292 bits per heavy atom. The molecule has 0 saturated heterocycles. The Morgan fingerprint density at radius 3 is 0.750 bits per heavy atom. The topological polar surface area (TPSA) is 0 Å². The summed E-state index contributed by atoms with van der Waals surface area (Å²) >= 11 is 0. The summed E-state index contributed by atoms with van der Waals surface area (Å²) in [5.41, 5.74) is 1.92. The van der Waals surface area contributed by atoms with Crippen molar-refractivity contribution in [3.05, 3.63) is 204 Å². The SMILES string of the molecule is Fc1ccc([P+]2(c3ccc(F)cc3)C=C(c3ccccc3)[P+](c3ccc(F)cc3)(c3ccc(F)cc3)C=C2c2ccccc2)cc1.[Cl-].[Cl-]. The van der Waals surface area contributed by atoms with Gasteiger partial charge in [-0.3, -0.25) is 0 Å². The second-order valence-electron chi connectivity index (χ2n) is 11.1. The van der Waals surface area contributed by atoms with Gasteiger partial charge in [0, 0.05) is 11.1 Å². The third-order valence-electron chi connectivity index (χ3n) is 8.47. The second-order valence-corrected chi connectivity index (χ2v) is 17.5. The number of rotatable bonds is 6. The van der Waals surface area contributed by atoms with Crippen molar-refractivity contribution in [3.63, 3.8) is 0 Å². The molecule has 240 valence electrons. The van der Waals surface area contributed by atoms with E-state index in [0.29, 0.717) is 0 Å². The van der Waals surface area contributed by atoms with Crippen molar-refractivity contribution < 1.29 is 42.4 Å². The third kappa shape index (κ3) is 6.27. The van der Waals surface area contributed by atoms with E-state index in [1.807, 2.05) is 84.9 Å². The van der Waals surface area contributed by atoms with Crippen LogP contribution >= 0.6 is 14.5 Å². The fraction of sp³-hybridized carbons (Fsp3) is 0. The molecule has 1 heterocycles. The molecule has 1 aliphatic rings. The lowest BCUT2D eigenvalue weighted by Gasteiger charge is -2.35. The van der Waals surface area contributed by atoms with Gasteiger partial charge >= 0.3 is 0 Å². The standard InChI is InChI=1S/C40H28F4P2.2ClH/c41-31-11-19-35(20-12-31)45(36-21-13-32(42)14-22-36)28-40(30-9-5-2-6-10-30)46(37-23-15-33(43)16-24-37,38-25-17-34(44)18-26-38)27-39(45)29-7-3-1-4-8-29;;/h1-28H;2*1H/q+2;;/p-2. The number of benzene rings is 6. The zero-order chi connectivity index (χ0) is 31.7. The minimum Gasteiger partial charge on any atom is -1.00 e. The molecule has 6 aromatic rings. The quantitative estimate of drug-likeness (QED) is 0.181. The summed E-state index contributed by atoms with van der Waals surface area (Å²) in [6, 6.07) is 46.4. The van der Waals surface area contributed by atoms with E-state index in [1.165, 1.54) is 48.5 Å². The van der Waals surface area contributed by atoms with Crippen molar-refractivity contribution in [1.82, 2.24) is 0 Å². The van der Waals surface area contributed by atoms with Crippen LogP contribution in [0, 0.1) is 23.3 Å². The summed E-state index contributed by atoms with van der Waals surface area (Å²) in [7, 11) is -5.57. The van der Waals surface area contributed by atoms with E-state index in [-0.39, 0.29) is 48.1 Å². The Kier molecular flexibility index (Phi) is 10.7. The Hall–Kier alpha value is -4.04. The van der Waals surface area contributed by atoms with E-state index >= 15 is 0 Å². The van der Waals surface area contributed by atoms with Gasteiger partial charge in [-0.25, -0.2) is 17.6 Å². The maximum atomic E-state index is 14.5. The fourth-order valence-corrected chi connectivity index (χ4v) is 16.0.